The molecule has 0 radical (unpaired) electrons. The fraction of sp³-hybridized carbons (Fsp3) is 0.525. The summed E-state index contributed by atoms with van der Waals surface area (Å²) >= 11 is 13.8. The Morgan fingerprint density at radius 3 is 1.73 bits per heavy atom. The first-order valence-electron chi connectivity index (χ1n) is 26.7. The number of aromatic carboxylic acids is 2. The Bertz CT molecular complexity index is 2550. The number of hydrogen-bond acceptors (Lipinski definition) is 10. The number of carboxylic acid groups (broad SMARTS) is 2. The maximum absolute atomic E-state index is 12.8. The molecule has 5 unspecified atom stereocenters. The van der Waals surface area contributed by atoms with Crippen LogP contribution in [0.15, 0.2) is 78.9 Å². The molecule has 0 heterocycles. The van der Waals surface area contributed by atoms with Crippen molar-refractivity contribution in [3.05, 3.63) is 122 Å². The largest absolute Gasteiger partial charge is 1.00 e. The molecule has 4 fully saturated rings. The third-order valence-electron chi connectivity index (χ3n) is 18.3. The number of hydrogen-bond donors (Lipinski definition) is 2. The Hall–Kier alpha value is -0.290. The van der Waals surface area contributed by atoms with E-state index in [2.05, 4.69) is 34.6 Å². The second kappa shape index (κ2) is 30.5. The predicted octanol–water partition coefficient (Wildman–Crippen LogP) is -4.06. The standard InChI is InChI=1S/C59H72B2Cl2O10.4Na/c1-35(2)10-6-11-36(3)49-20-21-50-46-19-18-42-26-37(22-24-58(42,4)51(46)23-25-59(49,50)5)12-9-17-45(40-29-47(56(64)65)54(52(62)31-40)72-33-38-13-7-15-43(27-38)60(68)69)41-30-48(57(66)67)55(53(63)32-41)73-34-39-14-8-16-44(28-39)61(70)71;;;;/h7-8,13-17,27-32,35-37,42,46,49-51,68,70H,6,9-12,18-26,33-34H2,1-5H3,(H,64,65)(H,66,67);;;;/q-2;4*+1/p-2/t36?,37-,42?,46?,49+,50?,51?,58-,59+;;;;/m0..../s1. The Kier molecular flexibility index (Phi) is 27.4. The Morgan fingerprint density at radius 2 is 1.22 bits per heavy atom. The van der Waals surface area contributed by atoms with Gasteiger partial charge in [0, 0.05) is 11.1 Å². The molecule has 10 nitrogen and oxygen atoms in total. The van der Waals surface area contributed by atoms with Crippen molar-refractivity contribution in [1.82, 2.24) is 0 Å². The molecular formula is C59H70B2Cl2Na4O10. The van der Waals surface area contributed by atoms with Gasteiger partial charge in [-0.05, 0) is 181 Å². The minimum absolute atomic E-state index is 0. The molecule has 390 valence electrons. The first kappa shape index (κ1) is 69.2. The molecule has 18 heteroatoms. The molecule has 0 aliphatic heterocycles. The van der Waals surface area contributed by atoms with Crippen molar-refractivity contribution in [2.45, 2.75) is 138 Å². The molecule has 0 spiro atoms. The molecule has 8 rings (SSSR count). The number of fused-ring (bicyclic) bond motifs is 5. The summed E-state index contributed by atoms with van der Waals surface area (Å²) in [4.78, 5) is 25.7. The summed E-state index contributed by atoms with van der Waals surface area (Å²) in [7, 11) is -3.92. The molecule has 4 aromatic rings. The van der Waals surface area contributed by atoms with Gasteiger partial charge >= 0.3 is 118 Å². The van der Waals surface area contributed by atoms with E-state index in [4.69, 9.17) is 32.7 Å². The van der Waals surface area contributed by atoms with Crippen molar-refractivity contribution in [1.29, 1.82) is 0 Å². The normalized spacial score (nSPS) is 24.4. The summed E-state index contributed by atoms with van der Waals surface area (Å²) in [6, 6.07) is 18.2. The van der Waals surface area contributed by atoms with Crippen LogP contribution in [-0.2, 0) is 13.2 Å². The molecule has 9 atom stereocenters. The molecule has 4 aliphatic rings. The first-order chi connectivity index (χ1) is 34.8. The Balaban J connectivity index is 0.00000320. The number of benzene rings is 4. The van der Waals surface area contributed by atoms with Gasteiger partial charge in [0.1, 0.15) is 24.7 Å². The van der Waals surface area contributed by atoms with E-state index in [1.807, 2.05) is 6.08 Å². The van der Waals surface area contributed by atoms with Gasteiger partial charge in [0.2, 0.25) is 14.2 Å². The minimum Gasteiger partial charge on any atom is -0.853 e. The van der Waals surface area contributed by atoms with Gasteiger partial charge in [-0.15, -0.1) is 0 Å². The number of rotatable bonds is 20. The maximum atomic E-state index is 12.8. The average Bonchev–Trinajstić information content (AvgIpc) is 3.71. The number of carbonyl (C=O) groups is 2. The van der Waals surface area contributed by atoms with Crippen LogP contribution in [0.2, 0.25) is 10.0 Å². The third-order valence-corrected chi connectivity index (χ3v) is 18.8. The van der Waals surface area contributed by atoms with Gasteiger partial charge in [-0.1, -0.05) is 143 Å². The topological polar surface area (TPSA) is 185 Å². The molecule has 0 bridgehead atoms. The number of carboxylic acids is 2. The van der Waals surface area contributed by atoms with Crippen molar-refractivity contribution in [3.8, 4) is 11.5 Å². The number of halogens is 2. The quantitative estimate of drug-likeness (QED) is 0.0827. The minimum atomic E-state index is -1.96. The van der Waals surface area contributed by atoms with Gasteiger partial charge in [0.05, 0.1) is 22.0 Å². The summed E-state index contributed by atoms with van der Waals surface area (Å²) in [5.74, 6) is 2.48. The van der Waals surface area contributed by atoms with Gasteiger partial charge in [-0.3, -0.25) is 0 Å². The van der Waals surface area contributed by atoms with E-state index >= 15 is 0 Å². The van der Waals surface area contributed by atoms with E-state index in [1.165, 1.54) is 101 Å². The molecule has 0 saturated heterocycles. The Morgan fingerprint density at radius 1 is 0.701 bits per heavy atom. The van der Waals surface area contributed by atoms with E-state index in [-0.39, 0.29) is 175 Å². The summed E-state index contributed by atoms with van der Waals surface area (Å²) in [5.41, 5.74) is 2.52. The fourth-order valence-electron chi connectivity index (χ4n) is 14.6. The van der Waals surface area contributed by atoms with Gasteiger partial charge in [0.15, 0.2) is 0 Å². The van der Waals surface area contributed by atoms with Crippen molar-refractivity contribution in [3.63, 3.8) is 0 Å². The van der Waals surface area contributed by atoms with E-state index < -0.39 is 26.2 Å². The zero-order valence-electron chi connectivity index (χ0n) is 47.0. The molecule has 0 amide bonds. The molecular weight excluding hydrogens is 1050 g/mol. The molecule has 0 aromatic heterocycles. The smallest absolute Gasteiger partial charge is 0.853 e. The van der Waals surface area contributed by atoms with E-state index in [9.17, 15) is 39.9 Å². The van der Waals surface area contributed by atoms with Crippen molar-refractivity contribution in [2.75, 3.05) is 0 Å². The van der Waals surface area contributed by atoms with Gasteiger partial charge < -0.3 is 49.4 Å². The molecule has 4 aliphatic carbocycles. The monoisotopic (exact) mass is 1120 g/mol. The van der Waals surface area contributed by atoms with Gasteiger partial charge in [-0.25, -0.2) is 0 Å². The first-order valence-corrected chi connectivity index (χ1v) is 27.4. The van der Waals surface area contributed by atoms with Crippen LogP contribution in [0.3, 0.4) is 0 Å². The fourth-order valence-corrected chi connectivity index (χ4v) is 15.1. The summed E-state index contributed by atoms with van der Waals surface area (Å²) in [6.45, 7) is 12.2. The van der Waals surface area contributed by atoms with Gasteiger partial charge in [0.25, 0.3) is 0 Å². The van der Waals surface area contributed by atoms with Crippen molar-refractivity contribution in [2.24, 2.45) is 58.2 Å². The molecule has 4 aromatic carbocycles. The van der Waals surface area contributed by atoms with Crippen LogP contribution in [0.1, 0.15) is 167 Å². The van der Waals surface area contributed by atoms with Crippen LogP contribution in [0.4, 0.5) is 0 Å². The van der Waals surface area contributed by atoms with E-state index in [1.54, 1.807) is 36.4 Å². The van der Waals surface area contributed by atoms with Crippen LogP contribution < -0.4 is 159 Å². The SMILES string of the molecule is CC(C)CCCC(C)[C@H]1CCC2C3CCC4C[C@@H](CCC=C(c5cc(Cl)c(OCc6cccc(B([O-])O)c6)c(C(=O)[O-])c5)c5cc(Cl)c(OCc6cccc(B([O-])O)c6)c(C(=O)[O-])c5)CC[C@]4(C)C3CC[C@@]21C.[Na+].[Na+].[Na+].[Na+]. The van der Waals surface area contributed by atoms with E-state index in [0.29, 0.717) is 56.9 Å². The summed E-state index contributed by atoms with van der Waals surface area (Å²) in [6.07, 6.45) is 19.0. The van der Waals surface area contributed by atoms with Gasteiger partial charge in [-0.2, -0.15) is 0 Å². The van der Waals surface area contributed by atoms with Crippen molar-refractivity contribution >= 4 is 65.9 Å². The van der Waals surface area contributed by atoms with Crippen LogP contribution in [0.5, 0.6) is 11.5 Å². The van der Waals surface area contributed by atoms with Crippen LogP contribution >= 0.6 is 23.2 Å². The second-order valence-electron chi connectivity index (χ2n) is 23.0. The van der Waals surface area contributed by atoms with Crippen LogP contribution in [0, 0.1) is 58.2 Å². The van der Waals surface area contributed by atoms with E-state index in [0.717, 1.165) is 54.8 Å². The zero-order chi connectivity index (χ0) is 52.4. The number of carbonyl (C=O) groups excluding carboxylic acids is 2. The third kappa shape index (κ3) is 16.1. The molecule has 77 heavy (non-hydrogen) atoms. The Labute approximate surface area is 556 Å². The predicted molar refractivity (Wildman–Crippen MR) is 281 cm³/mol. The van der Waals surface area contributed by atoms with Crippen LogP contribution in [0.25, 0.3) is 5.57 Å². The number of allylic oxidation sites excluding steroid dienone is 1. The maximum Gasteiger partial charge on any atom is 1.00 e. The van der Waals surface area contributed by atoms with Crippen LogP contribution in [-0.4, -0.2) is 36.2 Å². The summed E-state index contributed by atoms with van der Waals surface area (Å²) < 4.78 is 11.9. The summed E-state index contributed by atoms with van der Waals surface area (Å²) in [5, 5.41) is 68.2. The number of ether oxygens (including phenoxy) is 2. The second-order valence-corrected chi connectivity index (χ2v) is 23.9. The van der Waals surface area contributed by atoms with Crippen molar-refractivity contribution < 1.29 is 168 Å². The molecule has 2 N–H and O–H groups in total. The molecule has 4 saturated carbocycles. The average molecular weight is 1120 g/mol. The zero-order valence-corrected chi connectivity index (χ0v) is 56.5.